The number of aliphatic hydroxyl groups is 1. The highest BCUT2D eigenvalue weighted by molar-refractivity contribution is 7.85. The molecule has 0 amide bonds. The van der Waals surface area contributed by atoms with E-state index in [1.165, 1.54) is 0 Å². The predicted molar refractivity (Wildman–Crippen MR) is 81.7 cm³/mol. The van der Waals surface area contributed by atoms with E-state index in [0.717, 1.165) is 21.6 Å². The van der Waals surface area contributed by atoms with E-state index < -0.39 is 16.9 Å². The van der Waals surface area contributed by atoms with Crippen molar-refractivity contribution in [2.75, 3.05) is 5.75 Å². The summed E-state index contributed by atoms with van der Waals surface area (Å²) in [7, 11) is -1.21. The Kier molecular flexibility index (Phi) is 5.06. The Bertz CT molecular complexity index is 596. The highest BCUT2D eigenvalue weighted by atomic mass is 32.2. The maximum Gasteiger partial charge on any atom is 0.0908 e. The summed E-state index contributed by atoms with van der Waals surface area (Å²) in [5.74, 6) is 0.201. The first-order valence-corrected chi connectivity index (χ1v) is 7.84. The van der Waals surface area contributed by atoms with Crippen molar-refractivity contribution < 1.29 is 9.32 Å². The standard InChI is InChI=1S/C16H19NO2S/c1-12-4-2-3-5-16(12)20(19)11-15(18)14-8-6-13(10-17)7-9-14/h2-9,15,18H,10-11,17H2,1H3. The molecule has 2 rings (SSSR count). The summed E-state index contributed by atoms with van der Waals surface area (Å²) >= 11 is 0. The fraction of sp³-hybridized carbons (Fsp3) is 0.250. The van der Waals surface area contributed by atoms with E-state index in [1.54, 1.807) is 0 Å². The fourth-order valence-electron chi connectivity index (χ4n) is 2.02. The molecule has 2 atom stereocenters. The largest absolute Gasteiger partial charge is 0.387 e. The topological polar surface area (TPSA) is 63.3 Å². The molecular weight excluding hydrogens is 270 g/mol. The van der Waals surface area contributed by atoms with Crippen LogP contribution < -0.4 is 5.73 Å². The number of aryl methyl sites for hydroxylation is 1. The van der Waals surface area contributed by atoms with Crippen LogP contribution in [0, 0.1) is 6.92 Å². The second kappa shape index (κ2) is 6.79. The van der Waals surface area contributed by atoms with Gasteiger partial charge in [-0.15, -0.1) is 0 Å². The van der Waals surface area contributed by atoms with Gasteiger partial charge in [-0.3, -0.25) is 4.21 Å². The Morgan fingerprint density at radius 2 is 1.80 bits per heavy atom. The van der Waals surface area contributed by atoms with E-state index >= 15 is 0 Å². The second-order valence-corrected chi connectivity index (χ2v) is 6.20. The number of rotatable bonds is 5. The molecule has 0 saturated heterocycles. The number of hydrogen-bond donors (Lipinski definition) is 2. The lowest BCUT2D eigenvalue weighted by molar-refractivity contribution is 0.203. The molecule has 0 spiro atoms. The molecule has 106 valence electrons. The highest BCUT2D eigenvalue weighted by Gasteiger charge is 2.14. The van der Waals surface area contributed by atoms with Crippen molar-refractivity contribution in [1.82, 2.24) is 0 Å². The molecule has 0 aliphatic rings. The molecule has 2 unspecified atom stereocenters. The van der Waals surface area contributed by atoms with Crippen molar-refractivity contribution in [3.05, 3.63) is 65.2 Å². The average molecular weight is 289 g/mol. The quantitative estimate of drug-likeness (QED) is 0.887. The molecule has 2 aromatic rings. The molecule has 20 heavy (non-hydrogen) atoms. The summed E-state index contributed by atoms with van der Waals surface area (Å²) in [6.45, 7) is 2.40. The van der Waals surface area contributed by atoms with Crippen molar-refractivity contribution in [1.29, 1.82) is 0 Å². The lowest BCUT2D eigenvalue weighted by Gasteiger charge is -2.12. The van der Waals surface area contributed by atoms with Gasteiger partial charge in [-0.1, -0.05) is 42.5 Å². The van der Waals surface area contributed by atoms with Gasteiger partial charge in [0.25, 0.3) is 0 Å². The molecule has 0 radical (unpaired) electrons. The third-order valence-electron chi connectivity index (χ3n) is 3.25. The van der Waals surface area contributed by atoms with E-state index in [-0.39, 0.29) is 5.75 Å². The summed E-state index contributed by atoms with van der Waals surface area (Å²) in [4.78, 5) is 0.783. The summed E-state index contributed by atoms with van der Waals surface area (Å²) in [5.41, 5.74) is 8.30. The van der Waals surface area contributed by atoms with Gasteiger partial charge in [0.05, 0.1) is 22.7 Å². The highest BCUT2D eigenvalue weighted by Crippen LogP contribution is 2.19. The summed E-state index contributed by atoms with van der Waals surface area (Å²) in [5, 5.41) is 10.2. The predicted octanol–water partition coefficient (Wildman–Crippen LogP) is 2.29. The number of nitrogens with two attached hydrogens (primary N) is 1. The lowest BCUT2D eigenvalue weighted by atomic mass is 10.1. The van der Waals surface area contributed by atoms with Gasteiger partial charge in [0.1, 0.15) is 0 Å². The zero-order valence-corrected chi connectivity index (χ0v) is 12.3. The Labute approximate surface area is 121 Å². The summed E-state index contributed by atoms with van der Waals surface area (Å²) < 4.78 is 12.3. The first-order valence-electron chi connectivity index (χ1n) is 6.53. The Hall–Kier alpha value is -1.49. The van der Waals surface area contributed by atoms with Gasteiger partial charge in [-0.05, 0) is 29.7 Å². The van der Waals surface area contributed by atoms with E-state index in [4.69, 9.17) is 5.73 Å². The van der Waals surface area contributed by atoms with Gasteiger partial charge >= 0.3 is 0 Å². The smallest absolute Gasteiger partial charge is 0.0908 e. The van der Waals surface area contributed by atoms with Crippen molar-refractivity contribution in [3.63, 3.8) is 0 Å². The first-order chi connectivity index (χ1) is 9.61. The molecule has 0 aromatic heterocycles. The van der Waals surface area contributed by atoms with Crippen LogP contribution in [0.5, 0.6) is 0 Å². The minimum absolute atomic E-state index is 0.201. The van der Waals surface area contributed by atoms with E-state index in [1.807, 2.05) is 55.5 Å². The van der Waals surface area contributed by atoms with Gasteiger partial charge in [-0.25, -0.2) is 0 Å². The van der Waals surface area contributed by atoms with Crippen LogP contribution in [-0.4, -0.2) is 15.1 Å². The number of hydrogen-bond acceptors (Lipinski definition) is 3. The minimum Gasteiger partial charge on any atom is -0.387 e. The van der Waals surface area contributed by atoms with Gasteiger partial charge in [0.15, 0.2) is 0 Å². The monoisotopic (exact) mass is 289 g/mol. The van der Waals surface area contributed by atoms with Crippen molar-refractivity contribution in [2.24, 2.45) is 5.73 Å². The van der Waals surface area contributed by atoms with E-state index in [0.29, 0.717) is 6.54 Å². The minimum atomic E-state index is -1.21. The van der Waals surface area contributed by atoms with Crippen LogP contribution in [0.25, 0.3) is 0 Å². The third-order valence-corrected chi connectivity index (χ3v) is 4.82. The Morgan fingerprint density at radius 1 is 1.15 bits per heavy atom. The average Bonchev–Trinajstić information content (AvgIpc) is 2.47. The zero-order chi connectivity index (χ0) is 14.5. The second-order valence-electron chi connectivity index (χ2n) is 4.74. The lowest BCUT2D eigenvalue weighted by Crippen LogP contribution is -2.10. The van der Waals surface area contributed by atoms with Crippen LogP contribution in [0.15, 0.2) is 53.4 Å². The van der Waals surface area contributed by atoms with E-state index in [2.05, 4.69) is 0 Å². The molecule has 3 nitrogen and oxygen atoms in total. The van der Waals surface area contributed by atoms with Crippen LogP contribution in [0.2, 0.25) is 0 Å². The SMILES string of the molecule is Cc1ccccc1S(=O)CC(O)c1ccc(CN)cc1. The maximum absolute atomic E-state index is 12.3. The molecule has 0 fully saturated rings. The molecule has 3 N–H and O–H groups in total. The number of aliphatic hydroxyl groups excluding tert-OH is 1. The zero-order valence-electron chi connectivity index (χ0n) is 11.5. The number of benzene rings is 2. The van der Waals surface area contributed by atoms with Gasteiger partial charge in [0.2, 0.25) is 0 Å². The van der Waals surface area contributed by atoms with Gasteiger partial charge in [-0.2, -0.15) is 0 Å². The summed E-state index contributed by atoms with van der Waals surface area (Å²) in [6.07, 6.45) is -0.734. The molecule has 0 aliphatic heterocycles. The van der Waals surface area contributed by atoms with Gasteiger partial charge < -0.3 is 10.8 Å². The van der Waals surface area contributed by atoms with Crippen molar-refractivity contribution >= 4 is 10.8 Å². The Morgan fingerprint density at radius 3 is 2.40 bits per heavy atom. The third kappa shape index (κ3) is 3.54. The fourth-order valence-corrected chi connectivity index (χ4v) is 3.33. The van der Waals surface area contributed by atoms with Crippen LogP contribution >= 0.6 is 0 Å². The molecule has 0 bridgehead atoms. The van der Waals surface area contributed by atoms with Crippen LogP contribution in [0.4, 0.5) is 0 Å². The van der Waals surface area contributed by atoms with Crippen molar-refractivity contribution in [2.45, 2.75) is 24.5 Å². The van der Waals surface area contributed by atoms with Crippen LogP contribution in [0.3, 0.4) is 0 Å². The molecule has 0 aliphatic carbocycles. The van der Waals surface area contributed by atoms with Crippen molar-refractivity contribution in [3.8, 4) is 0 Å². The van der Waals surface area contributed by atoms with Gasteiger partial charge in [0, 0.05) is 11.4 Å². The maximum atomic E-state index is 12.3. The Balaban J connectivity index is 2.09. The van der Waals surface area contributed by atoms with Crippen LogP contribution in [-0.2, 0) is 17.3 Å². The molecule has 4 heteroatoms. The van der Waals surface area contributed by atoms with E-state index in [9.17, 15) is 9.32 Å². The first kappa shape index (κ1) is 14.9. The van der Waals surface area contributed by atoms with Crippen LogP contribution in [0.1, 0.15) is 22.8 Å². The molecule has 0 heterocycles. The molecule has 0 saturated carbocycles. The normalized spacial score (nSPS) is 13.9. The summed E-state index contributed by atoms with van der Waals surface area (Å²) in [6, 6.07) is 15.0. The molecule has 2 aromatic carbocycles. The molecular formula is C16H19NO2S.